The first-order chi connectivity index (χ1) is 8.31. The Hall–Kier alpha value is -1.35. The molecular weight excluding hydrogens is 214 g/mol. The zero-order chi connectivity index (χ0) is 12.1. The van der Waals surface area contributed by atoms with Crippen LogP contribution in [0.25, 0.3) is 0 Å². The zero-order valence-electron chi connectivity index (χ0n) is 10.2. The molecule has 1 aliphatic rings. The van der Waals surface area contributed by atoms with Gasteiger partial charge < -0.3 is 10.1 Å². The third-order valence-corrected chi connectivity index (χ3v) is 3.18. The monoisotopic (exact) mass is 233 g/mol. The quantitative estimate of drug-likeness (QED) is 0.813. The van der Waals surface area contributed by atoms with Crippen molar-refractivity contribution < 1.29 is 9.53 Å². The zero-order valence-corrected chi connectivity index (χ0v) is 10.2. The summed E-state index contributed by atoms with van der Waals surface area (Å²) >= 11 is 0. The molecule has 1 aliphatic heterocycles. The van der Waals surface area contributed by atoms with Crippen LogP contribution in [0, 0.1) is 0 Å². The van der Waals surface area contributed by atoms with E-state index < -0.39 is 0 Å². The summed E-state index contributed by atoms with van der Waals surface area (Å²) in [6.45, 7) is 3.93. The predicted octanol–water partition coefficient (Wildman–Crippen LogP) is 2.16. The van der Waals surface area contributed by atoms with Crippen LogP contribution in [0.15, 0.2) is 24.3 Å². The molecule has 3 nitrogen and oxygen atoms in total. The van der Waals surface area contributed by atoms with Gasteiger partial charge in [-0.05, 0) is 44.0 Å². The molecule has 1 aromatic carbocycles. The Morgan fingerprint density at radius 2 is 2.06 bits per heavy atom. The molecule has 0 spiro atoms. The van der Waals surface area contributed by atoms with Crippen LogP contribution in [0.5, 0.6) is 0 Å². The maximum Gasteiger partial charge on any atom is 0.338 e. The molecule has 0 saturated carbocycles. The Labute approximate surface area is 102 Å². The number of benzene rings is 1. The number of carbonyl (C=O) groups is 1. The van der Waals surface area contributed by atoms with Crippen LogP contribution in [0.3, 0.4) is 0 Å². The van der Waals surface area contributed by atoms with Crippen LogP contribution in [0.2, 0.25) is 0 Å². The minimum Gasteiger partial charge on any atom is -0.459 e. The van der Waals surface area contributed by atoms with Gasteiger partial charge in [0, 0.05) is 0 Å². The maximum absolute atomic E-state index is 12.0. The fraction of sp³-hybridized carbons (Fsp3) is 0.500. The summed E-state index contributed by atoms with van der Waals surface area (Å²) in [7, 11) is 0. The molecule has 1 saturated heterocycles. The first-order valence-electron chi connectivity index (χ1n) is 6.31. The lowest BCUT2D eigenvalue weighted by Crippen LogP contribution is -2.33. The molecule has 2 rings (SSSR count). The summed E-state index contributed by atoms with van der Waals surface area (Å²) in [5, 5.41) is 3.26. The lowest BCUT2D eigenvalue weighted by molar-refractivity contribution is 0.0228. The first kappa shape index (κ1) is 12.1. The van der Waals surface area contributed by atoms with Gasteiger partial charge in [0.05, 0.1) is 5.56 Å². The normalized spacial score (nSPS) is 16.8. The largest absolute Gasteiger partial charge is 0.459 e. The Bertz CT molecular complexity index is 384. The standard InChI is InChI=1S/C14H19NO2/c1-2-11-5-3-4-6-13(11)14(16)17-12-7-9-15-10-8-12/h3-6,12,15H,2,7-10H2,1H3. The van der Waals surface area contributed by atoms with Crippen molar-refractivity contribution in [1.29, 1.82) is 0 Å². The van der Waals surface area contributed by atoms with Crippen LogP contribution in [-0.2, 0) is 11.2 Å². The molecule has 3 heteroatoms. The maximum atomic E-state index is 12.0. The highest BCUT2D eigenvalue weighted by atomic mass is 16.5. The van der Waals surface area contributed by atoms with E-state index in [4.69, 9.17) is 4.74 Å². The average Bonchev–Trinajstić information content (AvgIpc) is 2.40. The number of hydrogen-bond donors (Lipinski definition) is 1. The number of ether oxygens (including phenoxy) is 1. The summed E-state index contributed by atoms with van der Waals surface area (Å²) in [6.07, 6.45) is 2.77. The van der Waals surface area contributed by atoms with E-state index in [1.165, 1.54) is 0 Å². The molecule has 0 aliphatic carbocycles. The molecule has 0 atom stereocenters. The van der Waals surface area contributed by atoms with Crippen LogP contribution in [-0.4, -0.2) is 25.2 Å². The molecule has 1 aromatic rings. The highest BCUT2D eigenvalue weighted by Gasteiger charge is 2.19. The SMILES string of the molecule is CCc1ccccc1C(=O)OC1CCNCC1. The van der Waals surface area contributed by atoms with Gasteiger partial charge in [-0.3, -0.25) is 0 Å². The molecule has 0 radical (unpaired) electrons. The Morgan fingerprint density at radius 1 is 1.35 bits per heavy atom. The van der Waals surface area contributed by atoms with E-state index in [2.05, 4.69) is 12.2 Å². The number of nitrogens with one attached hydrogen (secondary N) is 1. The van der Waals surface area contributed by atoms with Crippen molar-refractivity contribution in [3.8, 4) is 0 Å². The topological polar surface area (TPSA) is 38.3 Å². The second kappa shape index (κ2) is 5.82. The number of esters is 1. The van der Waals surface area contributed by atoms with E-state index in [9.17, 15) is 4.79 Å². The Kier molecular flexibility index (Phi) is 4.15. The molecule has 1 fully saturated rings. The minimum absolute atomic E-state index is 0.0775. The first-order valence-corrected chi connectivity index (χ1v) is 6.31. The highest BCUT2D eigenvalue weighted by Crippen LogP contribution is 2.15. The number of hydrogen-bond acceptors (Lipinski definition) is 3. The van der Waals surface area contributed by atoms with Crippen LogP contribution in [0.1, 0.15) is 35.7 Å². The van der Waals surface area contributed by atoms with E-state index in [1.54, 1.807) is 0 Å². The van der Waals surface area contributed by atoms with Gasteiger partial charge in [0.1, 0.15) is 6.10 Å². The van der Waals surface area contributed by atoms with Crippen LogP contribution < -0.4 is 5.32 Å². The summed E-state index contributed by atoms with van der Waals surface area (Å²) in [4.78, 5) is 12.0. The molecular formula is C14H19NO2. The third-order valence-electron chi connectivity index (χ3n) is 3.18. The molecule has 0 unspecified atom stereocenters. The summed E-state index contributed by atoms with van der Waals surface area (Å²) in [5.41, 5.74) is 1.78. The van der Waals surface area contributed by atoms with Gasteiger partial charge in [-0.1, -0.05) is 25.1 Å². The van der Waals surface area contributed by atoms with Crippen molar-refractivity contribution in [2.75, 3.05) is 13.1 Å². The number of carbonyl (C=O) groups excluding carboxylic acids is 1. The number of piperidine rings is 1. The van der Waals surface area contributed by atoms with E-state index in [1.807, 2.05) is 24.3 Å². The van der Waals surface area contributed by atoms with Crippen LogP contribution >= 0.6 is 0 Å². The third kappa shape index (κ3) is 3.07. The number of aryl methyl sites for hydroxylation is 1. The van der Waals surface area contributed by atoms with Crippen molar-refractivity contribution >= 4 is 5.97 Å². The molecule has 17 heavy (non-hydrogen) atoms. The summed E-state index contributed by atoms with van der Waals surface area (Å²) in [6, 6.07) is 7.68. The lowest BCUT2D eigenvalue weighted by atomic mass is 10.1. The second-order valence-electron chi connectivity index (χ2n) is 4.37. The molecule has 0 aromatic heterocycles. The van der Waals surface area contributed by atoms with Gasteiger partial charge in [0.2, 0.25) is 0 Å². The summed E-state index contributed by atoms with van der Waals surface area (Å²) in [5.74, 6) is -0.172. The van der Waals surface area contributed by atoms with Crippen molar-refractivity contribution in [2.24, 2.45) is 0 Å². The van der Waals surface area contributed by atoms with E-state index in [0.717, 1.165) is 37.9 Å². The Morgan fingerprint density at radius 3 is 2.76 bits per heavy atom. The predicted molar refractivity (Wildman–Crippen MR) is 67.1 cm³/mol. The smallest absolute Gasteiger partial charge is 0.338 e. The second-order valence-corrected chi connectivity index (χ2v) is 4.37. The molecule has 0 amide bonds. The van der Waals surface area contributed by atoms with E-state index >= 15 is 0 Å². The molecule has 0 bridgehead atoms. The van der Waals surface area contributed by atoms with E-state index in [-0.39, 0.29) is 12.1 Å². The van der Waals surface area contributed by atoms with Gasteiger partial charge in [-0.25, -0.2) is 4.79 Å². The highest BCUT2D eigenvalue weighted by molar-refractivity contribution is 5.91. The fourth-order valence-corrected chi connectivity index (χ4v) is 2.16. The van der Waals surface area contributed by atoms with Crippen molar-refractivity contribution in [1.82, 2.24) is 5.32 Å². The molecule has 1 heterocycles. The van der Waals surface area contributed by atoms with Crippen molar-refractivity contribution in [2.45, 2.75) is 32.3 Å². The number of rotatable bonds is 3. The Balaban J connectivity index is 2.03. The minimum atomic E-state index is -0.172. The average molecular weight is 233 g/mol. The van der Waals surface area contributed by atoms with Crippen LogP contribution in [0.4, 0.5) is 0 Å². The van der Waals surface area contributed by atoms with Gasteiger partial charge in [0.15, 0.2) is 0 Å². The summed E-state index contributed by atoms with van der Waals surface area (Å²) < 4.78 is 5.54. The van der Waals surface area contributed by atoms with Gasteiger partial charge in [0.25, 0.3) is 0 Å². The van der Waals surface area contributed by atoms with Gasteiger partial charge in [-0.2, -0.15) is 0 Å². The van der Waals surface area contributed by atoms with Crippen molar-refractivity contribution in [3.63, 3.8) is 0 Å². The molecule has 1 N–H and O–H groups in total. The lowest BCUT2D eigenvalue weighted by Gasteiger charge is -2.23. The van der Waals surface area contributed by atoms with Gasteiger partial charge in [-0.15, -0.1) is 0 Å². The molecule has 92 valence electrons. The fourth-order valence-electron chi connectivity index (χ4n) is 2.16. The van der Waals surface area contributed by atoms with E-state index in [0.29, 0.717) is 5.56 Å². The van der Waals surface area contributed by atoms with Gasteiger partial charge >= 0.3 is 5.97 Å². The van der Waals surface area contributed by atoms with Crippen molar-refractivity contribution in [3.05, 3.63) is 35.4 Å².